The van der Waals surface area contributed by atoms with Gasteiger partial charge in [-0.1, -0.05) is 44.3 Å². The third-order valence-corrected chi connectivity index (χ3v) is 2.99. The van der Waals surface area contributed by atoms with Crippen LogP contribution in [0, 0.1) is 0 Å². The predicted octanol–water partition coefficient (Wildman–Crippen LogP) is 4.46. The van der Waals surface area contributed by atoms with Crippen molar-refractivity contribution in [3.63, 3.8) is 0 Å². The Labute approximate surface area is 77.1 Å². The highest BCUT2D eigenvalue weighted by Gasteiger charge is 2.13. The minimum absolute atomic E-state index is 1.31. The van der Waals surface area contributed by atoms with Crippen LogP contribution in [-0.2, 0) is 0 Å². The molecule has 0 aromatic rings. The van der Waals surface area contributed by atoms with E-state index in [-0.39, 0.29) is 0 Å². The zero-order valence-electron chi connectivity index (χ0n) is 8.66. The van der Waals surface area contributed by atoms with Crippen LogP contribution in [-0.4, -0.2) is 0 Å². The summed E-state index contributed by atoms with van der Waals surface area (Å²) in [4.78, 5) is 0. The first-order chi connectivity index (χ1) is 5.88. The van der Waals surface area contributed by atoms with Gasteiger partial charge in [0.1, 0.15) is 0 Å². The minimum atomic E-state index is 1.31. The fourth-order valence-electron chi connectivity index (χ4n) is 1.97. The van der Waals surface area contributed by atoms with Crippen LogP contribution >= 0.6 is 0 Å². The largest absolute Gasteiger partial charge is 0.0710 e. The molecule has 0 nitrogen and oxygen atoms in total. The van der Waals surface area contributed by atoms with Crippen molar-refractivity contribution in [3.8, 4) is 0 Å². The zero-order chi connectivity index (χ0) is 8.81. The van der Waals surface area contributed by atoms with Crippen molar-refractivity contribution >= 4 is 0 Å². The average molecular weight is 166 g/mol. The molecule has 0 heterocycles. The van der Waals surface area contributed by atoms with Gasteiger partial charge >= 0.3 is 0 Å². The third kappa shape index (κ3) is 2.66. The molecule has 0 aromatic carbocycles. The van der Waals surface area contributed by atoms with Crippen LogP contribution in [0.1, 0.15) is 65.2 Å². The van der Waals surface area contributed by atoms with E-state index in [1.807, 2.05) is 0 Å². The highest BCUT2D eigenvalue weighted by molar-refractivity contribution is 5.23. The van der Waals surface area contributed by atoms with Crippen molar-refractivity contribution < 1.29 is 0 Å². The topological polar surface area (TPSA) is 0 Å². The summed E-state index contributed by atoms with van der Waals surface area (Å²) in [5, 5.41) is 0. The van der Waals surface area contributed by atoms with Crippen LogP contribution in [0.25, 0.3) is 0 Å². The Hall–Kier alpha value is -0.260. The van der Waals surface area contributed by atoms with Crippen LogP contribution in [0.3, 0.4) is 0 Å². The molecular weight excluding hydrogens is 144 g/mol. The Kier molecular flexibility index (Phi) is 4.42. The molecule has 0 heteroatoms. The Morgan fingerprint density at radius 1 is 0.917 bits per heavy atom. The number of unbranched alkanes of at least 4 members (excludes halogenated alkanes) is 3. The first kappa shape index (κ1) is 9.83. The average Bonchev–Trinajstić information content (AvgIpc) is 2.03. The second-order valence-corrected chi connectivity index (χ2v) is 3.87. The van der Waals surface area contributed by atoms with Crippen molar-refractivity contribution in [2.24, 2.45) is 0 Å². The Balaban J connectivity index is 2.07. The number of rotatable bonds is 6. The summed E-state index contributed by atoms with van der Waals surface area (Å²) in [6.07, 6.45) is 11.2. The van der Waals surface area contributed by atoms with E-state index in [9.17, 15) is 0 Å². The van der Waals surface area contributed by atoms with Crippen molar-refractivity contribution in [2.75, 3.05) is 0 Å². The molecule has 0 radical (unpaired) electrons. The number of hydrogen-bond acceptors (Lipinski definition) is 0. The standard InChI is InChI=1S/C12H22/c1-3-5-6-7-8-12-10-9-11(12)4-2/h3-10H2,1-2H3. The molecule has 0 spiro atoms. The lowest BCUT2D eigenvalue weighted by Gasteiger charge is -2.23. The first-order valence-corrected chi connectivity index (χ1v) is 5.58. The summed E-state index contributed by atoms with van der Waals surface area (Å²) >= 11 is 0. The second kappa shape index (κ2) is 5.40. The van der Waals surface area contributed by atoms with Gasteiger partial charge in [0.05, 0.1) is 0 Å². The molecule has 0 saturated carbocycles. The van der Waals surface area contributed by atoms with Crippen molar-refractivity contribution in [1.29, 1.82) is 0 Å². The summed E-state index contributed by atoms with van der Waals surface area (Å²) in [7, 11) is 0. The highest BCUT2D eigenvalue weighted by Crippen LogP contribution is 2.33. The van der Waals surface area contributed by atoms with Gasteiger partial charge in [0, 0.05) is 0 Å². The van der Waals surface area contributed by atoms with Crippen molar-refractivity contribution in [2.45, 2.75) is 65.2 Å². The quantitative estimate of drug-likeness (QED) is 0.404. The molecule has 0 atom stereocenters. The maximum absolute atomic E-state index is 2.29. The maximum Gasteiger partial charge on any atom is -0.0280 e. The van der Waals surface area contributed by atoms with Crippen LogP contribution in [0.5, 0.6) is 0 Å². The summed E-state index contributed by atoms with van der Waals surface area (Å²) in [6, 6.07) is 0. The molecule has 0 saturated heterocycles. The zero-order valence-corrected chi connectivity index (χ0v) is 8.66. The summed E-state index contributed by atoms with van der Waals surface area (Å²) in [5.41, 5.74) is 3.57. The molecule has 0 fully saturated rings. The number of hydrogen-bond donors (Lipinski definition) is 0. The Bertz CT molecular complexity index is 153. The molecule has 1 aliphatic carbocycles. The predicted molar refractivity (Wildman–Crippen MR) is 55.3 cm³/mol. The van der Waals surface area contributed by atoms with Gasteiger partial charge in [0.25, 0.3) is 0 Å². The first-order valence-electron chi connectivity index (χ1n) is 5.58. The normalized spacial score (nSPS) is 16.5. The van der Waals surface area contributed by atoms with Crippen LogP contribution in [0.15, 0.2) is 11.1 Å². The van der Waals surface area contributed by atoms with Gasteiger partial charge in [-0.3, -0.25) is 0 Å². The summed E-state index contributed by atoms with van der Waals surface area (Å²) < 4.78 is 0. The Morgan fingerprint density at radius 3 is 2.17 bits per heavy atom. The highest BCUT2D eigenvalue weighted by atomic mass is 14.2. The molecule has 0 bridgehead atoms. The van der Waals surface area contributed by atoms with Crippen molar-refractivity contribution in [3.05, 3.63) is 11.1 Å². The maximum atomic E-state index is 2.29. The van der Waals surface area contributed by atoms with E-state index in [1.54, 1.807) is 11.1 Å². The van der Waals surface area contributed by atoms with Gasteiger partial charge < -0.3 is 0 Å². The van der Waals surface area contributed by atoms with E-state index in [1.165, 1.54) is 51.4 Å². The van der Waals surface area contributed by atoms with Crippen LogP contribution < -0.4 is 0 Å². The van der Waals surface area contributed by atoms with Gasteiger partial charge in [-0.25, -0.2) is 0 Å². The molecule has 0 N–H and O–H groups in total. The van der Waals surface area contributed by atoms with E-state index in [0.29, 0.717) is 0 Å². The van der Waals surface area contributed by atoms with Crippen LogP contribution in [0.4, 0.5) is 0 Å². The summed E-state index contributed by atoms with van der Waals surface area (Å²) in [5.74, 6) is 0. The second-order valence-electron chi connectivity index (χ2n) is 3.87. The number of allylic oxidation sites excluding steroid dienone is 2. The molecule has 1 aliphatic rings. The van der Waals surface area contributed by atoms with Gasteiger partial charge in [0.15, 0.2) is 0 Å². The van der Waals surface area contributed by atoms with E-state index in [4.69, 9.17) is 0 Å². The lowest BCUT2D eigenvalue weighted by atomic mass is 9.84. The molecule has 12 heavy (non-hydrogen) atoms. The lowest BCUT2D eigenvalue weighted by Crippen LogP contribution is -2.03. The molecule has 1 rings (SSSR count). The van der Waals surface area contributed by atoms with Gasteiger partial charge in [-0.15, -0.1) is 0 Å². The molecule has 70 valence electrons. The van der Waals surface area contributed by atoms with E-state index < -0.39 is 0 Å². The Morgan fingerprint density at radius 2 is 1.67 bits per heavy atom. The monoisotopic (exact) mass is 166 g/mol. The van der Waals surface area contributed by atoms with Gasteiger partial charge in [-0.05, 0) is 32.1 Å². The fourth-order valence-corrected chi connectivity index (χ4v) is 1.97. The van der Waals surface area contributed by atoms with E-state index in [2.05, 4.69) is 13.8 Å². The van der Waals surface area contributed by atoms with E-state index in [0.717, 1.165) is 0 Å². The molecule has 0 amide bonds. The molecule has 0 unspecified atom stereocenters. The van der Waals surface area contributed by atoms with E-state index >= 15 is 0 Å². The summed E-state index contributed by atoms with van der Waals surface area (Å²) in [6.45, 7) is 4.57. The molecular formula is C12H22. The van der Waals surface area contributed by atoms with Crippen molar-refractivity contribution in [1.82, 2.24) is 0 Å². The fraction of sp³-hybridized carbons (Fsp3) is 0.833. The lowest BCUT2D eigenvalue weighted by molar-refractivity contribution is 0.620. The van der Waals surface area contributed by atoms with Gasteiger partial charge in [0.2, 0.25) is 0 Å². The smallest absolute Gasteiger partial charge is 0.0280 e. The van der Waals surface area contributed by atoms with Crippen LogP contribution in [0.2, 0.25) is 0 Å². The SMILES string of the molecule is CCCCCCC1=C(CC)CC1. The molecule has 0 aromatic heterocycles. The third-order valence-electron chi connectivity index (χ3n) is 2.99. The minimum Gasteiger partial charge on any atom is -0.0710 e. The molecule has 0 aliphatic heterocycles. The van der Waals surface area contributed by atoms with Gasteiger partial charge in [-0.2, -0.15) is 0 Å².